The highest BCUT2D eigenvalue weighted by molar-refractivity contribution is 5.97. The molecule has 0 radical (unpaired) electrons. The lowest BCUT2D eigenvalue weighted by molar-refractivity contribution is -0.123. The van der Waals surface area contributed by atoms with Crippen LogP contribution in [0.1, 0.15) is 43.2 Å². The summed E-state index contributed by atoms with van der Waals surface area (Å²) in [6.45, 7) is 3.38. The van der Waals surface area contributed by atoms with E-state index < -0.39 is 12.1 Å². The van der Waals surface area contributed by atoms with Gasteiger partial charge in [0.25, 0.3) is 17.7 Å². The molecule has 4 aliphatic heterocycles. The Kier molecular flexibility index (Phi) is 8.25. The molecule has 2 atom stereocenters. The molecule has 1 saturated heterocycles. The van der Waals surface area contributed by atoms with Crippen molar-refractivity contribution in [2.24, 2.45) is 0 Å². The molecule has 242 valence electrons. The van der Waals surface area contributed by atoms with E-state index in [-0.39, 0.29) is 44.0 Å². The minimum atomic E-state index is -0.599. The van der Waals surface area contributed by atoms with Gasteiger partial charge in [0.05, 0.1) is 32.9 Å². The Bertz CT molecular complexity index is 1850. The number of nitrogens with one attached hydrogen (secondary N) is 3. The Hall–Kier alpha value is -5.36. The number of aromatic nitrogens is 2. The Morgan fingerprint density at radius 3 is 2.79 bits per heavy atom. The summed E-state index contributed by atoms with van der Waals surface area (Å²) in [6, 6.07) is 17.8. The first-order valence-electron chi connectivity index (χ1n) is 15.5. The lowest BCUT2D eigenvalue weighted by atomic mass is 9.97. The number of nitrogens with zero attached hydrogens (tertiary/aromatic N) is 2. The third kappa shape index (κ3) is 6.24. The van der Waals surface area contributed by atoms with Crippen LogP contribution in [0.2, 0.25) is 0 Å². The molecule has 12 heteroatoms. The first-order chi connectivity index (χ1) is 22.9. The van der Waals surface area contributed by atoms with E-state index in [4.69, 9.17) is 18.9 Å². The summed E-state index contributed by atoms with van der Waals surface area (Å²) in [5, 5.41) is 13.3. The molecular formula is C35H35N5O7. The highest BCUT2D eigenvalue weighted by Gasteiger charge is 2.40. The van der Waals surface area contributed by atoms with Crippen molar-refractivity contribution in [2.75, 3.05) is 33.4 Å². The minimum Gasteiger partial charge on any atom is -0.493 e. The van der Waals surface area contributed by atoms with Crippen LogP contribution in [0.4, 0.5) is 0 Å². The van der Waals surface area contributed by atoms with Crippen molar-refractivity contribution < 1.29 is 33.3 Å². The van der Waals surface area contributed by atoms with E-state index in [1.165, 1.54) is 7.11 Å². The summed E-state index contributed by atoms with van der Waals surface area (Å²) < 4.78 is 23.5. The number of hydrogen-bond acceptors (Lipinski definition) is 8. The summed E-state index contributed by atoms with van der Waals surface area (Å²) >= 11 is 0. The summed E-state index contributed by atoms with van der Waals surface area (Å²) in [5.74, 6) is 0.596. The number of rotatable bonds is 2. The van der Waals surface area contributed by atoms with Crippen molar-refractivity contribution in [1.29, 1.82) is 0 Å². The first kappa shape index (κ1) is 30.3. The smallest absolute Gasteiger partial charge is 0.274 e. The molecule has 0 aliphatic carbocycles. The summed E-state index contributed by atoms with van der Waals surface area (Å²) in [6.07, 6.45) is 0.0627. The van der Waals surface area contributed by atoms with Crippen LogP contribution in [0.5, 0.6) is 17.2 Å². The molecule has 3 N–H and O–H groups in total. The maximum absolute atomic E-state index is 13.8. The second-order valence-corrected chi connectivity index (χ2v) is 11.9. The van der Waals surface area contributed by atoms with Gasteiger partial charge in [-0.1, -0.05) is 24.3 Å². The lowest BCUT2D eigenvalue weighted by Gasteiger charge is -2.23. The third-order valence-electron chi connectivity index (χ3n) is 8.78. The van der Waals surface area contributed by atoms with Gasteiger partial charge in [0.15, 0.2) is 23.8 Å². The summed E-state index contributed by atoms with van der Waals surface area (Å²) in [7, 11) is 1.53. The van der Waals surface area contributed by atoms with Gasteiger partial charge >= 0.3 is 0 Å². The molecule has 12 nitrogen and oxygen atoms in total. The highest BCUT2D eigenvalue weighted by atomic mass is 16.5. The quantitative estimate of drug-likeness (QED) is 0.304. The predicted molar refractivity (Wildman–Crippen MR) is 170 cm³/mol. The fourth-order valence-corrected chi connectivity index (χ4v) is 6.20. The van der Waals surface area contributed by atoms with Crippen molar-refractivity contribution >= 4 is 17.7 Å². The van der Waals surface area contributed by atoms with Crippen LogP contribution in [0, 0.1) is 6.92 Å². The second-order valence-electron chi connectivity index (χ2n) is 11.9. The van der Waals surface area contributed by atoms with Crippen molar-refractivity contribution in [2.45, 2.75) is 38.6 Å². The third-order valence-corrected chi connectivity index (χ3v) is 8.78. The van der Waals surface area contributed by atoms with Gasteiger partial charge in [-0.3, -0.25) is 19.5 Å². The van der Waals surface area contributed by atoms with Gasteiger partial charge in [-0.15, -0.1) is 0 Å². The number of aryl methyl sites for hydroxylation is 1. The van der Waals surface area contributed by atoms with Gasteiger partial charge in [-0.25, -0.2) is 0 Å². The second kappa shape index (κ2) is 12.8. The number of H-pyrrole nitrogens is 1. The zero-order chi connectivity index (χ0) is 32.5. The Morgan fingerprint density at radius 1 is 1.02 bits per heavy atom. The number of aromatic amines is 1. The zero-order valence-electron chi connectivity index (χ0n) is 26.1. The molecule has 0 saturated carbocycles. The van der Waals surface area contributed by atoms with E-state index in [1.807, 2.05) is 43.3 Å². The first-order valence-corrected chi connectivity index (χ1v) is 15.5. The van der Waals surface area contributed by atoms with Gasteiger partial charge in [0, 0.05) is 36.3 Å². The number of hydrogen-bond donors (Lipinski definition) is 3. The topological polar surface area (TPSA) is 144 Å². The molecule has 6 bridgehead atoms. The summed E-state index contributed by atoms with van der Waals surface area (Å²) in [5.41, 5.74) is 5.91. The molecule has 5 heterocycles. The molecule has 47 heavy (non-hydrogen) atoms. The summed E-state index contributed by atoms with van der Waals surface area (Å²) in [4.78, 5) is 41.9. The number of carbonyl (C=O) groups excluding carboxylic acids is 3. The van der Waals surface area contributed by atoms with Crippen LogP contribution >= 0.6 is 0 Å². The van der Waals surface area contributed by atoms with Crippen LogP contribution in [0.3, 0.4) is 0 Å². The maximum Gasteiger partial charge on any atom is 0.274 e. The van der Waals surface area contributed by atoms with Crippen LogP contribution in [-0.2, 0) is 29.1 Å². The average molecular weight is 638 g/mol. The molecule has 0 spiro atoms. The monoisotopic (exact) mass is 637 g/mol. The minimum absolute atomic E-state index is 0.157. The molecule has 1 aromatic heterocycles. The number of ether oxygens (including phenoxy) is 4. The molecule has 3 amide bonds. The van der Waals surface area contributed by atoms with Gasteiger partial charge in [-0.05, 0) is 65.6 Å². The lowest BCUT2D eigenvalue weighted by Crippen LogP contribution is -2.45. The molecule has 1 fully saturated rings. The largest absolute Gasteiger partial charge is 0.493 e. The van der Waals surface area contributed by atoms with Crippen LogP contribution in [0.25, 0.3) is 11.1 Å². The fraction of sp³-hybridized carbons (Fsp3) is 0.314. The van der Waals surface area contributed by atoms with Crippen molar-refractivity contribution in [3.63, 3.8) is 0 Å². The van der Waals surface area contributed by atoms with Gasteiger partial charge in [0.1, 0.15) is 11.9 Å². The standard InChI is InChI=1S/C35H35N5O7/c1-20-6-8-23-14-25(20)22-4-3-5-24(13-22)46-19-32(41)36-15-21-7-9-29(30(12-21)44-2)47-31-17-40(16-28(31)37-34(23)42)35(43)33-26-18-45-11-10-27(26)38-39-33/h3-9,12-14,28,31H,10-11,15-19H2,1-2H3,(H,36,41)(H,37,42)(H,38,39)/t28-,31-/m0/s1. The Labute approximate surface area is 271 Å². The maximum atomic E-state index is 13.8. The zero-order valence-corrected chi connectivity index (χ0v) is 26.1. The Balaban J connectivity index is 1.23. The highest BCUT2D eigenvalue weighted by Crippen LogP contribution is 2.32. The van der Waals surface area contributed by atoms with E-state index in [0.29, 0.717) is 48.1 Å². The molecule has 8 rings (SSSR count). The van der Waals surface area contributed by atoms with Crippen LogP contribution in [-0.4, -0.2) is 78.4 Å². The van der Waals surface area contributed by atoms with Crippen LogP contribution in [0.15, 0.2) is 60.7 Å². The normalized spacial score (nSPS) is 19.4. The van der Waals surface area contributed by atoms with E-state index in [2.05, 4.69) is 20.8 Å². The number of benzene rings is 3. The van der Waals surface area contributed by atoms with Crippen molar-refractivity contribution in [3.05, 3.63) is 94.3 Å². The molecular weight excluding hydrogens is 602 g/mol. The van der Waals surface area contributed by atoms with Crippen LogP contribution < -0.4 is 24.8 Å². The average Bonchev–Trinajstić information content (AvgIpc) is 3.70. The van der Waals surface area contributed by atoms with E-state index >= 15 is 0 Å². The van der Waals surface area contributed by atoms with Crippen molar-refractivity contribution in [1.82, 2.24) is 25.7 Å². The number of carbonyl (C=O) groups is 3. The Morgan fingerprint density at radius 2 is 1.91 bits per heavy atom. The molecule has 3 aromatic carbocycles. The fourth-order valence-electron chi connectivity index (χ4n) is 6.20. The predicted octanol–water partition coefficient (Wildman–Crippen LogP) is 3.18. The van der Waals surface area contributed by atoms with Gasteiger partial charge in [-0.2, -0.15) is 5.10 Å². The molecule has 4 aliphatic rings. The van der Waals surface area contributed by atoms with E-state index in [1.54, 1.807) is 29.2 Å². The van der Waals surface area contributed by atoms with E-state index in [9.17, 15) is 14.4 Å². The SMILES string of the molecule is COc1cc2ccc1O[C@H]1CN(C(=O)c3n[nH]c4c3COCC4)C[C@@H]1NC(=O)c1ccc(C)c(c1)-c1cccc(c1)OCC(=O)NC2. The molecule has 0 unspecified atom stereocenters. The van der Waals surface area contributed by atoms with Crippen molar-refractivity contribution in [3.8, 4) is 28.4 Å². The van der Waals surface area contributed by atoms with Gasteiger partial charge in [0.2, 0.25) is 0 Å². The van der Waals surface area contributed by atoms with Gasteiger partial charge < -0.3 is 34.5 Å². The number of fused-ring (bicyclic) bond motifs is 8. The number of amides is 3. The van der Waals surface area contributed by atoms with E-state index in [0.717, 1.165) is 33.5 Å². The number of likely N-dealkylation sites (tertiary alicyclic amines) is 1. The molecule has 4 aromatic rings. The number of methoxy groups -OCH3 is 1.